The van der Waals surface area contributed by atoms with Crippen LogP contribution in [0.4, 0.5) is 0 Å². The fourth-order valence-corrected chi connectivity index (χ4v) is 3.97. The van der Waals surface area contributed by atoms with Gasteiger partial charge in [-0.25, -0.2) is 0 Å². The highest BCUT2D eigenvalue weighted by atomic mass is 16.5. The summed E-state index contributed by atoms with van der Waals surface area (Å²) >= 11 is 0. The molecule has 1 amide bonds. The van der Waals surface area contributed by atoms with Gasteiger partial charge in [0.05, 0.1) is 27.4 Å². The number of ether oxygens (including phenoxy) is 3. The van der Waals surface area contributed by atoms with Crippen molar-refractivity contribution in [2.45, 2.75) is 45.7 Å². The van der Waals surface area contributed by atoms with E-state index in [0.717, 1.165) is 11.1 Å². The van der Waals surface area contributed by atoms with Gasteiger partial charge in [-0.3, -0.25) is 4.79 Å². The van der Waals surface area contributed by atoms with E-state index in [-0.39, 0.29) is 17.4 Å². The molecule has 0 heterocycles. The van der Waals surface area contributed by atoms with Gasteiger partial charge in [0.15, 0.2) is 11.5 Å². The Morgan fingerprint density at radius 1 is 0.853 bits per heavy atom. The highest BCUT2D eigenvalue weighted by Crippen LogP contribution is 2.39. The van der Waals surface area contributed by atoms with Crippen LogP contribution in [0.15, 0.2) is 66.7 Å². The second-order valence-corrected chi connectivity index (χ2v) is 9.38. The third kappa shape index (κ3) is 5.53. The van der Waals surface area contributed by atoms with Gasteiger partial charge in [-0.2, -0.15) is 0 Å². The Kier molecular flexibility index (Phi) is 7.87. The van der Waals surface area contributed by atoms with Crippen molar-refractivity contribution in [1.29, 1.82) is 0 Å². The summed E-state index contributed by atoms with van der Waals surface area (Å²) < 4.78 is 16.4. The number of methoxy groups -OCH3 is 3. The van der Waals surface area contributed by atoms with Crippen molar-refractivity contribution in [1.82, 2.24) is 4.90 Å². The van der Waals surface area contributed by atoms with E-state index >= 15 is 0 Å². The zero-order valence-electron chi connectivity index (χ0n) is 21.2. The van der Waals surface area contributed by atoms with Crippen molar-refractivity contribution >= 4 is 5.91 Å². The molecule has 0 aliphatic rings. The van der Waals surface area contributed by atoms with Gasteiger partial charge < -0.3 is 19.1 Å². The molecule has 0 saturated heterocycles. The molecule has 3 aromatic rings. The van der Waals surface area contributed by atoms with Crippen LogP contribution in [-0.4, -0.2) is 32.1 Å². The molecule has 5 nitrogen and oxygen atoms in total. The molecule has 0 radical (unpaired) electrons. The highest BCUT2D eigenvalue weighted by molar-refractivity contribution is 5.96. The fraction of sp³-hybridized carbons (Fsp3) is 0.345. The number of hydrogen-bond acceptors (Lipinski definition) is 4. The smallest absolute Gasteiger partial charge is 0.254 e. The number of carbonyl (C=O) groups excluding carboxylic acids is 1. The number of benzene rings is 3. The predicted octanol–water partition coefficient (Wildman–Crippen LogP) is 6.41. The first-order valence-corrected chi connectivity index (χ1v) is 11.4. The van der Waals surface area contributed by atoms with Gasteiger partial charge in [0.1, 0.15) is 0 Å². The SMILES string of the molecule is COc1cc(C(=O)N(Cc2ccc(C(C)(C)C)cc2)C(C)c2ccccc2)cc(OC)c1OC. The maximum Gasteiger partial charge on any atom is 0.254 e. The summed E-state index contributed by atoms with van der Waals surface area (Å²) in [4.78, 5) is 15.8. The van der Waals surface area contributed by atoms with Gasteiger partial charge in [0.25, 0.3) is 5.91 Å². The average molecular weight is 462 g/mol. The Morgan fingerprint density at radius 3 is 1.88 bits per heavy atom. The molecule has 0 spiro atoms. The van der Waals surface area contributed by atoms with Gasteiger partial charge in [0.2, 0.25) is 5.75 Å². The van der Waals surface area contributed by atoms with E-state index in [1.54, 1.807) is 33.5 Å². The first-order chi connectivity index (χ1) is 16.2. The summed E-state index contributed by atoms with van der Waals surface area (Å²) in [5.41, 5.74) is 3.94. The Labute approximate surface area is 203 Å². The lowest BCUT2D eigenvalue weighted by Gasteiger charge is -2.30. The van der Waals surface area contributed by atoms with E-state index in [0.29, 0.717) is 29.4 Å². The van der Waals surface area contributed by atoms with Crippen LogP contribution in [0.5, 0.6) is 17.2 Å². The van der Waals surface area contributed by atoms with Crippen molar-refractivity contribution in [3.63, 3.8) is 0 Å². The molecular weight excluding hydrogens is 426 g/mol. The quantitative estimate of drug-likeness (QED) is 0.389. The number of rotatable bonds is 8. The number of carbonyl (C=O) groups is 1. The standard InChI is InChI=1S/C29H35NO4/c1-20(22-11-9-8-10-12-22)30(19-21-13-15-24(16-14-21)29(2,3)4)28(31)23-17-25(32-5)27(34-7)26(18-23)33-6/h8-18,20H,19H2,1-7H3. The van der Waals surface area contributed by atoms with E-state index in [2.05, 4.69) is 52.0 Å². The molecule has 5 heteroatoms. The summed E-state index contributed by atoms with van der Waals surface area (Å²) in [6, 6.07) is 21.8. The fourth-order valence-electron chi connectivity index (χ4n) is 3.97. The van der Waals surface area contributed by atoms with Crippen LogP contribution < -0.4 is 14.2 Å². The summed E-state index contributed by atoms with van der Waals surface area (Å²) in [7, 11) is 4.65. The molecule has 180 valence electrons. The minimum Gasteiger partial charge on any atom is -0.493 e. The van der Waals surface area contributed by atoms with E-state index in [1.807, 2.05) is 35.2 Å². The molecule has 1 unspecified atom stereocenters. The second-order valence-electron chi connectivity index (χ2n) is 9.38. The molecule has 34 heavy (non-hydrogen) atoms. The van der Waals surface area contributed by atoms with Crippen LogP contribution in [0.25, 0.3) is 0 Å². The number of hydrogen-bond donors (Lipinski definition) is 0. The summed E-state index contributed by atoms with van der Waals surface area (Å²) in [6.07, 6.45) is 0. The Bertz CT molecular complexity index is 1080. The van der Waals surface area contributed by atoms with E-state index in [4.69, 9.17) is 14.2 Å². The summed E-state index contributed by atoms with van der Waals surface area (Å²) in [6.45, 7) is 9.10. The third-order valence-electron chi connectivity index (χ3n) is 6.09. The molecule has 0 fully saturated rings. The lowest BCUT2D eigenvalue weighted by atomic mass is 9.86. The summed E-state index contributed by atoms with van der Waals surface area (Å²) in [5, 5.41) is 0. The van der Waals surface area contributed by atoms with Crippen molar-refractivity contribution in [3.05, 3.63) is 89.0 Å². The molecule has 0 N–H and O–H groups in total. The van der Waals surface area contributed by atoms with Gasteiger partial charge >= 0.3 is 0 Å². The predicted molar refractivity (Wildman–Crippen MR) is 136 cm³/mol. The van der Waals surface area contributed by atoms with Crippen LogP contribution in [-0.2, 0) is 12.0 Å². The van der Waals surface area contributed by atoms with Crippen LogP contribution in [0.2, 0.25) is 0 Å². The Balaban J connectivity index is 2.02. The first-order valence-electron chi connectivity index (χ1n) is 11.4. The average Bonchev–Trinajstić information content (AvgIpc) is 2.85. The minimum absolute atomic E-state index is 0.0710. The minimum atomic E-state index is -0.143. The van der Waals surface area contributed by atoms with E-state index < -0.39 is 0 Å². The molecule has 0 bridgehead atoms. The van der Waals surface area contributed by atoms with Crippen molar-refractivity contribution in [2.75, 3.05) is 21.3 Å². The van der Waals surface area contributed by atoms with Crippen molar-refractivity contribution < 1.29 is 19.0 Å². The lowest BCUT2D eigenvalue weighted by Crippen LogP contribution is -2.33. The molecule has 0 aliphatic carbocycles. The monoisotopic (exact) mass is 461 g/mol. The van der Waals surface area contributed by atoms with Crippen LogP contribution in [0.1, 0.15) is 60.8 Å². The second kappa shape index (κ2) is 10.6. The van der Waals surface area contributed by atoms with E-state index in [9.17, 15) is 4.79 Å². The van der Waals surface area contributed by atoms with Crippen LogP contribution in [0, 0.1) is 0 Å². The molecule has 0 aromatic heterocycles. The van der Waals surface area contributed by atoms with Gasteiger partial charge in [0, 0.05) is 12.1 Å². The zero-order valence-corrected chi connectivity index (χ0v) is 21.2. The third-order valence-corrected chi connectivity index (χ3v) is 6.09. The zero-order chi connectivity index (χ0) is 24.9. The number of amides is 1. The normalized spacial score (nSPS) is 12.1. The molecule has 3 aromatic carbocycles. The first kappa shape index (κ1) is 25.2. The Hall–Kier alpha value is -3.47. The maximum absolute atomic E-state index is 13.9. The van der Waals surface area contributed by atoms with Crippen molar-refractivity contribution in [3.8, 4) is 17.2 Å². The number of nitrogens with zero attached hydrogens (tertiary/aromatic N) is 1. The van der Waals surface area contributed by atoms with Gasteiger partial charge in [-0.05, 0) is 41.2 Å². The Morgan fingerprint density at radius 2 is 1.41 bits per heavy atom. The van der Waals surface area contributed by atoms with Crippen LogP contribution >= 0.6 is 0 Å². The molecule has 0 saturated carbocycles. The lowest BCUT2D eigenvalue weighted by molar-refractivity contribution is 0.0673. The molecular formula is C29H35NO4. The molecule has 3 rings (SSSR count). The largest absolute Gasteiger partial charge is 0.493 e. The van der Waals surface area contributed by atoms with Gasteiger partial charge in [-0.1, -0.05) is 75.4 Å². The highest BCUT2D eigenvalue weighted by Gasteiger charge is 2.26. The van der Waals surface area contributed by atoms with Gasteiger partial charge in [-0.15, -0.1) is 0 Å². The topological polar surface area (TPSA) is 48.0 Å². The van der Waals surface area contributed by atoms with Crippen molar-refractivity contribution in [2.24, 2.45) is 0 Å². The van der Waals surface area contributed by atoms with Crippen LogP contribution in [0.3, 0.4) is 0 Å². The van der Waals surface area contributed by atoms with E-state index in [1.165, 1.54) is 5.56 Å². The summed E-state index contributed by atoms with van der Waals surface area (Å²) in [5.74, 6) is 1.25. The molecule has 1 atom stereocenters. The molecule has 0 aliphatic heterocycles. The maximum atomic E-state index is 13.9.